The highest BCUT2D eigenvalue weighted by Crippen LogP contribution is 2.09. The van der Waals surface area contributed by atoms with Gasteiger partial charge < -0.3 is 16.0 Å². The van der Waals surface area contributed by atoms with Crippen LogP contribution in [-0.4, -0.2) is 42.5 Å². The largest absolute Gasteiger partial charge is 0.368 e. The smallest absolute Gasteiger partial charge is 0.254 e. The van der Waals surface area contributed by atoms with Crippen molar-refractivity contribution in [1.29, 1.82) is 0 Å². The maximum Gasteiger partial charge on any atom is 0.254 e. The number of nitrogens with two attached hydrogens (primary N) is 1. The Morgan fingerprint density at radius 1 is 1.50 bits per heavy atom. The highest BCUT2D eigenvalue weighted by atomic mass is 16.2. The van der Waals surface area contributed by atoms with E-state index in [9.17, 15) is 4.79 Å². The van der Waals surface area contributed by atoms with Crippen molar-refractivity contribution in [2.75, 3.05) is 26.0 Å². The van der Waals surface area contributed by atoms with E-state index in [0.29, 0.717) is 18.2 Å². The molecule has 1 atom stereocenters. The molecule has 1 heterocycles. The van der Waals surface area contributed by atoms with E-state index in [1.807, 2.05) is 6.07 Å². The molecule has 5 nitrogen and oxygen atoms in total. The van der Waals surface area contributed by atoms with Crippen LogP contribution in [-0.2, 0) is 0 Å². The number of nitrogens with zero attached hydrogens (tertiary/aromatic N) is 2. The van der Waals surface area contributed by atoms with Crippen molar-refractivity contribution in [3.8, 4) is 0 Å². The summed E-state index contributed by atoms with van der Waals surface area (Å²) in [6.07, 6.45) is 3.60. The van der Waals surface area contributed by atoms with Crippen molar-refractivity contribution in [3.05, 3.63) is 23.9 Å². The van der Waals surface area contributed by atoms with Gasteiger partial charge in [-0.15, -0.1) is 0 Å². The minimum Gasteiger partial charge on any atom is -0.368 e. The molecular weight excluding hydrogens is 228 g/mol. The van der Waals surface area contributed by atoms with Crippen molar-refractivity contribution >= 4 is 11.7 Å². The molecule has 0 aromatic carbocycles. The molecule has 100 valence electrons. The van der Waals surface area contributed by atoms with E-state index in [1.54, 1.807) is 26.4 Å². The summed E-state index contributed by atoms with van der Waals surface area (Å²) in [6.45, 7) is 2.80. The van der Waals surface area contributed by atoms with Crippen LogP contribution in [0.25, 0.3) is 0 Å². The maximum atomic E-state index is 11.7. The van der Waals surface area contributed by atoms with Crippen LogP contribution >= 0.6 is 0 Å². The number of pyridine rings is 1. The van der Waals surface area contributed by atoms with Gasteiger partial charge in [-0.05, 0) is 38.4 Å². The molecule has 3 N–H and O–H groups in total. The van der Waals surface area contributed by atoms with Gasteiger partial charge in [0.2, 0.25) is 0 Å². The lowest BCUT2D eigenvalue weighted by Crippen LogP contribution is -2.22. The number of carbonyl (C=O) groups is 1. The van der Waals surface area contributed by atoms with Crippen LogP contribution in [0.5, 0.6) is 0 Å². The van der Waals surface area contributed by atoms with E-state index in [0.717, 1.165) is 18.7 Å². The van der Waals surface area contributed by atoms with Crippen molar-refractivity contribution in [2.24, 2.45) is 5.73 Å². The van der Waals surface area contributed by atoms with Crippen LogP contribution < -0.4 is 11.1 Å². The second-order valence-corrected chi connectivity index (χ2v) is 4.61. The number of nitrogens with one attached hydrogen (secondary N) is 1. The van der Waals surface area contributed by atoms with Gasteiger partial charge in [-0.25, -0.2) is 4.98 Å². The minimum atomic E-state index is -0.0368. The third-order valence-corrected chi connectivity index (χ3v) is 2.65. The fourth-order valence-electron chi connectivity index (χ4n) is 1.61. The van der Waals surface area contributed by atoms with E-state index in [-0.39, 0.29) is 5.91 Å². The van der Waals surface area contributed by atoms with Gasteiger partial charge in [-0.3, -0.25) is 4.79 Å². The average Bonchev–Trinajstić information content (AvgIpc) is 2.36. The Hall–Kier alpha value is -1.62. The van der Waals surface area contributed by atoms with E-state index in [4.69, 9.17) is 5.73 Å². The van der Waals surface area contributed by atoms with E-state index >= 15 is 0 Å². The van der Waals surface area contributed by atoms with Gasteiger partial charge in [0.25, 0.3) is 5.91 Å². The highest BCUT2D eigenvalue weighted by molar-refractivity contribution is 5.93. The predicted molar refractivity (Wildman–Crippen MR) is 73.6 cm³/mol. The number of aromatic nitrogens is 1. The van der Waals surface area contributed by atoms with Gasteiger partial charge >= 0.3 is 0 Å². The predicted octanol–water partition coefficient (Wildman–Crippen LogP) is 1.32. The lowest BCUT2D eigenvalue weighted by Gasteiger charge is -2.14. The Morgan fingerprint density at radius 2 is 2.22 bits per heavy atom. The summed E-state index contributed by atoms with van der Waals surface area (Å²) in [4.78, 5) is 17.4. The number of carbonyl (C=O) groups excluding carboxylic acids is 1. The molecule has 0 bridgehead atoms. The number of amides is 1. The molecule has 0 saturated carbocycles. The summed E-state index contributed by atoms with van der Waals surface area (Å²) >= 11 is 0. The van der Waals surface area contributed by atoms with Crippen LogP contribution in [0.2, 0.25) is 0 Å². The summed E-state index contributed by atoms with van der Waals surface area (Å²) in [7, 11) is 3.45. The molecule has 0 saturated heterocycles. The van der Waals surface area contributed by atoms with E-state index in [1.165, 1.54) is 4.90 Å². The van der Waals surface area contributed by atoms with Gasteiger partial charge in [0.05, 0.1) is 5.56 Å². The number of rotatable bonds is 6. The van der Waals surface area contributed by atoms with E-state index in [2.05, 4.69) is 17.2 Å². The van der Waals surface area contributed by atoms with E-state index < -0.39 is 0 Å². The molecule has 0 aliphatic carbocycles. The van der Waals surface area contributed by atoms with Crippen molar-refractivity contribution in [3.63, 3.8) is 0 Å². The first kappa shape index (κ1) is 14.4. The lowest BCUT2D eigenvalue weighted by molar-refractivity contribution is 0.0827. The quantitative estimate of drug-likeness (QED) is 0.799. The molecule has 0 spiro atoms. The van der Waals surface area contributed by atoms with Crippen LogP contribution in [0.4, 0.5) is 5.82 Å². The summed E-state index contributed by atoms with van der Waals surface area (Å²) in [5.41, 5.74) is 6.06. The third kappa shape index (κ3) is 4.33. The van der Waals surface area contributed by atoms with Crippen molar-refractivity contribution < 1.29 is 4.79 Å². The topological polar surface area (TPSA) is 71.2 Å². The molecule has 1 aromatic heterocycles. The first-order valence-corrected chi connectivity index (χ1v) is 6.19. The van der Waals surface area contributed by atoms with Crippen LogP contribution in [0, 0.1) is 0 Å². The third-order valence-electron chi connectivity index (χ3n) is 2.65. The molecule has 1 rings (SSSR count). The first-order chi connectivity index (χ1) is 8.54. The van der Waals surface area contributed by atoms with Crippen LogP contribution in [0.3, 0.4) is 0 Å². The Bertz CT molecular complexity index is 375. The molecule has 18 heavy (non-hydrogen) atoms. The van der Waals surface area contributed by atoms with Gasteiger partial charge in [-0.1, -0.05) is 0 Å². The SMILES string of the molecule is CC(CCCN)Nc1ccc(C(=O)N(C)C)cn1. The zero-order chi connectivity index (χ0) is 13.5. The molecule has 5 heteroatoms. The fraction of sp³-hybridized carbons (Fsp3) is 0.538. The van der Waals surface area contributed by atoms with Gasteiger partial charge in [0.15, 0.2) is 0 Å². The second kappa shape index (κ2) is 6.96. The lowest BCUT2D eigenvalue weighted by atomic mass is 10.2. The average molecular weight is 250 g/mol. The van der Waals surface area contributed by atoms with Crippen molar-refractivity contribution in [1.82, 2.24) is 9.88 Å². The maximum absolute atomic E-state index is 11.7. The summed E-state index contributed by atoms with van der Waals surface area (Å²) in [6, 6.07) is 3.94. The minimum absolute atomic E-state index is 0.0368. The van der Waals surface area contributed by atoms with Gasteiger partial charge in [0, 0.05) is 26.3 Å². The number of hydrogen-bond acceptors (Lipinski definition) is 4. The molecule has 0 aliphatic rings. The highest BCUT2D eigenvalue weighted by Gasteiger charge is 2.08. The molecule has 0 aliphatic heterocycles. The van der Waals surface area contributed by atoms with Crippen LogP contribution in [0.15, 0.2) is 18.3 Å². The Balaban J connectivity index is 2.57. The van der Waals surface area contributed by atoms with Crippen molar-refractivity contribution in [2.45, 2.75) is 25.8 Å². The summed E-state index contributed by atoms with van der Waals surface area (Å²) in [5.74, 6) is 0.750. The molecule has 0 radical (unpaired) electrons. The Kier molecular flexibility index (Phi) is 5.58. The summed E-state index contributed by atoms with van der Waals surface area (Å²) < 4.78 is 0. The molecule has 1 aromatic rings. The molecular formula is C13H22N4O. The zero-order valence-corrected chi connectivity index (χ0v) is 11.3. The van der Waals surface area contributed by atoms with Gasteiger partial charge in [0.1, 0.15) is 5.82 Å². The Labute approximate surface area is 108 Å². The normalized spacial score (nSPS) is 12.0. The second-order valence-electron chi connectivity index (χ2n) is 4.61. The monoisotopic (exact) mass is 250 g/mol. The molecule has 1 amide bonds. The zero-order valence-electron chi connectivity index (χ0n) is 11.3. The Morgan fingerprint density at radius 3 is 2.72 bits per heavy atom. The summed E-state index contributed by atoms with van der Waals surface area (Å²) in [5, 5.41) is 3.28. The van der Waals surface area contributed by atoms with Crippen LogP contribution in [0.1, 0.15) is 30.1 Å². The first-order valence-electron chi connectivity index (χ1n) is 6.19. The number of anilines is 1. The number of hydrogen-bond donors (Lipinski definition) is 2. The fourth-order valence-corrected chi connectivity index (χ4v) is 1.61. The molecule has 1 unspecified atom stereocenters. The molecule has 0 fully saturated rings. The van der Waals surface area contributed by atoms with Gasteiger partial charge in [-0.2, -0.15) is 0 Å². The standard InChI is InChI=1S/C13H22N4O/c1-10(5-4-8-14)16-12-7-6-11(9-15-12)13(18)17(2)3/h6-7,9-10H,4-5,8,14H2,1-3H3,(H,15,16).